The lowest BCUT2D eigenvalue weighted by Gasteiger charge is -2.20. The van der Waals surface area contributed by atoms with Crippen LogP contribution in [0.3, 0.4) is 0 Å². The minimum absolute atomic E-state index is 0.479. The molecule has 1 N–H and O–H groups in total. The molecule has 132 valence electrons. The van der Waals surface area contributed by atoms with Crippen LogP contribution >= 0.6 is 0 Å². The SMILES string of the molecule is CCN(CCc1ccncc1)C(=O)C(=O)Nc1cccc2ccccc12. The minimum atomic E-state index is -0.613. The van der Waals surface area contributed by atoms with Gasteiger partial charge in [-0.1, -0.05) is 36.4 Å². The lowest BCUT2D eigenvalue weighted by atomic mass is 10.1. The van der Waals surface area contributed by atoms with Crippen molar-refractivity contribution < 1.29 is 9.59 Å². The summed E-state index contributed by atoms with van der Waals surface area (Å²) in [6.07, 6.45) is 4.13. The highest BCUT2D eigenvalue weighted by Gasteiger charge is 2.21. The summed E-state index contributed by atoms with van der Waals surface area (Å²) in [5.74, 6) is -1.13. The number of aromatic nitrogens is 1. The van der Waals surface area contributed by atoms with Gasteiger partial charge in [0.1, 0.15) is 0 Å². The monoisotopic (exact) mass is 347 g/mol. The molecule has 3 rings (SSSR count). The van der Waals surface area contributed by atoms with Crippen LogP contribution in [0.4, 0.5) is 5.69 Å². The summed E-state index contributed by atoms with van der Waals surface area (Å²) in [6.45, 7) is 2.84. The number of hydrogen-bond donors (Lipinski definition) is 1. The van der Waals surface area contributed by atoms with Gasteiger partial charge < -0.3 is 10.2 Å². The number of hydrogen-bond acceptors (Lipinski definition) is 3. The maximum absolute atomic E-state index is 12.5. The molecule has 26 heavy (non-hydrogen) atoms. The number of anilines is 1. The van der Waals surface area contributed by atoms with E-state index in [4.69, 9.17) is 0 Å². The zero-order valence-electron chi connectivity index (χ0n) is 14.7. The molecular formula is C21H21N3O2. The van der Waals surface area contributed by atoms with Gasteiger partial charge in [-0.3, -0.25) is 14.6 Å². The van der Waals surface area contributed by atoms with Crippen molar-refractivity contribution in [1.82, 2.24) is 9.88 Å². The van der Waals surface area contributed by atoms with Crippen LogP contribution in [0.15, 0.2) is 67.0 Å². The molecule has 2 amide bonds. The van der Waals surface area contributed by atoms with Crippen molar-refractivity contribution in [1.29, 1.82) is 0 Å². The second-order valence-corrected chi connectivity index (χ2v) is 5.97. The number of likely N-dealkylation sites (N-methyl/N-ethyl adjacent to an activating group) is 1. The van der Waals surface area contributed by atoms with Gasteiger partial charge in [0.25, 0.3) is 0 Å². The molecule has 2 aromatic carbocycles. The maximum atomic E-state index is 12.5. The Morgan fingerprint density at radius 3 is 2.50 bits per heavy atom. The van der Waals surface area contributed by atoms with Crippen molar-refractivity contribution in [3.63, 3.8) is 0 Å². The third-order valence-electron chi connectivity index (χ3n) is 4.32. The highest BCUT2D eigenvalue weighted by molar-refractivity contribution is 6.40. The standard InChI is InChI=1S/C21H21N3O2/c1-2-24(15-12-16-10-13-22-14-11-16)21(26)20(25)23-19-9-5-7-17-6-3-4-8-18(17)19/h3-11,13-14H,2,12,15H2,1H3,(H,23,25). The zero-order valence-corrected chi connectivity index (χ0v) is 14.7. The van der Waals surface area contributed by atoms with Crippen molar-refractivity contribution in [2.45, 2.75) is 13.3 Å². The second-order valence-electron chi connectivity index (χ2n) is 5.97. The Kier molecular flexibility index (Phi) is 5.59. The fourth-order valence-electron chi connectivity index (χ4n) is 2.87. The van der Waals surface area contributed by atoms with E-state index < -0.39 is 11.8 Å². The number of carbonyl (C=O) groups excluding carboxylic acids is 2. The molecular weight excluding hydrogens is 326 g/mol. The van der Waals surface area contributed by atoms with Crippen molar-refractivity contribution in [3.05, 3.63) is 72.6 Å². The van der Waals surface area contributed by atoms with Gasteiger partial charge in [0.15, 0.2) is 0 Å². The molecule has 0 saturated carbocycles. The predicted molar refractivity (Wildman–Crippen MR) is 103 cm³/mol. The van der Waals surface area contributed by atoms with E-state index in [1.54, 1.807) is 23.4 Å². The third kappa shape index (κ3) is 4.06. The van der Waals surface area contributed by atoms with Gasteiger partial charge in [0.05, 0.1) is 0 Å². The van der Waals surface area contributed by atoms with E-state index in [1.165, 1.54) is 0 Å². The Morgan fingerprint density at radius 2 is 1.73 bits per heavy atom. The second kappa shape index (κ2) is 8.25. The number of rotatable bonds is 5. The van der Waals surface area contributed by atoms with E-state index in [0.717, 1.165) is 16.3 Å². The van der Waals surface area contributed by atoms with Gasteiger partial charge in [-0.05, 0) is 42.5 Å². The number of carbonyl (C=O) groups is 2. The van der Waals surface area contributed by atoms with Gasteiger partial charge in [-0.25, -0.2) is 0 Å². The van der Waals surface area contributed by atoms with Crippen LogP contribution in [-0.4, -0.2) is 34.8 Å². The normalized spacial score (nSPS) is 10.5. The van der Waals surface area contributed by atoms with Gasteiger partial charge in [0, 0.05) is 36.6 Å². The number of fused-ring (bicyclic) bond motifs is 1. The Bertz CT molecular complexity index is 904. The third-order valence-corrected chi connectivity index (χ3v) is 4.32. The first-order valence-corrected chi connectivity index (χ1v) is 8.66. The fourth-order valence-corrected chi connectivity index (χ4v) is 2.87. The smallest absolute Gasteiger partial charge is 0.313 e. The van der Waals surface area contributed by atoms with E-state index in [-0.39, 0.29) is 0 Å². The molecule has 0 bridgehead atoms. The van der Waals surface area contributed by atoms with Crippen LogP contribution in [0.5, 0.6) is 0 Å². The topological polar surface area (TPSA) is 62.3 Å². The van der Waals surface area contributed by atoms with Gasteiger partial charge in [-0.2, -0.15) is 0 Å². The van der Waals surface area contributed by atoms with Crippen molar-refractivity contribution >= 4 is 28.3 Å². The molecule has 0 unspecified atom stereocenters. The molecule has 5 heteroatoms. The molecule has 0 aliphatic rings. The summed E-state index contributed by atoms with van der Waals surface area (Å²) in [4.78, 5) is 30.5. The van der Waals surface area contributed by atoms with Crippen LogP contribution in [-0.2, 0) is 16.0 Å². The van der Waals surface area contributed by atoms with Crippen LogP contribution in [0.2, 0.25) is 0 Å². The largest absolute Gasteiger partial charge is 0.334 e. The Labute approximate surface area is 152 Å². The van der Waals surface area contributed by atoms with E-state index in [9.17, 15) is 9.59 Å². The molecule has 0 saturated heterocycles. The fraction of sp³-hybridized carbons (Fsp3) is 0.190. The van der Waals surface area contributed by atoms with Crippen LogP contribution in [0, 0.1) is 0 Å². The average molecular weight is 347 g/mol. The maximum Gasteiger partial charge on any atom is 0.313 e. The molecule has 1 aromatic heterocycles. The van der Waals surface area contributed by atoms with Crippen molar-refractivity contribution in [2.24, 2.45) is 0 Å². The van der Waals surface area contributed by atoms with E-state index in [2.05, 4.69) is 10.3 Å². The summed E-state index contributed by atoms with van der Waals surface area (Å²) >= 11 is 0. The summed E-state index contributed by atoms with van der Waals surface area (Å²) < 4.78 is 0. The highest BCUT2D eigenvalue weighted by Crippen LogP contribution is 2.22. The molecule has 0 spiro atoms. The Balaban J connectivity index is 1.68. The van der Waals surface area contributed by atoms with Gasteiger partial charge in [-0.15, -0.1) is 0 Å². The molecule has 0 aliphatic carbocycles. The van der Waals surface area contributed by atoms with Gasteiger partial charge in [0.2, 0.25) is 0 Å². The first-order valence-electron chi connectivity index (χ1n) is 8.66. The van der Waals surface area contributed by atoms with Crippen molar-refractivity contribution in [2.75, 3.05) is 18.4 Å². The number of amides is 2. The zero-order chi connectivity index (χ0) is 18.4. The van der Waals surface area contributed by atoms with Crippen LogP contribution in [0.25, 0.3) is 10.8 Å². The van der Waals surface area contributed by atoms with Crippen LogP contribution < -0.4 is 5.32 Å². The molecule has 1 heterocycles. The molecule has 3 aromatic rings. The average Bonchev–Trinajstić information content (AvgIpc) is 2.69. The van der Waals surface area contributed by atoms with Gasteiger partial charge >= 0.3 is 11.8 Å². The number of benzene rings is 2. The quantitative estimate of drug-likeness (QED) is 0.721. The van der Waals surface area contributed by atoms with E-state index in [0.29, 0.717) is 25.2 Å². The Morgan fingerprint density at radius 1 is 1.00 bits per heavy atom. The summed E-state index contributed by atoms with van der Waals surface area (Å²) in [5.41, 5.74) is 1.73. The highest BCUT2D eigenvalue weighted by atomic mass is 16.2. The molecule has 0 aliphatic heterocycles. The number of nitrogens with one attached hydrogen (secondary N) is 1. The lowest BCUT2D eigenvalue weighted by Crippen LogP contribution is -2.40. The van der Waals surface area contributed by atoms with Crippen molar-refractivity contribution in [3.8, 4) is 0 Å². The number of pyridine rings is 1. The number of nitrogens with zero attached hydrogens (tertiary/aromatic N) is 2. The molecule has 0 atom stereocenters. The minimum Gasteiger partial charge on any atom is -0.334 e. The summed E-state index contributed by atoms with van der Waals surface area (Å²) in [7, 11) is 0. The summed E-state index contributed by atoms with van der Waals surface area (Å²) in [6, 6.07) is 17.2. The Hall–Kier alpha value is -3.21. The van der Waals surface area contributed by atoms with E-state index in [1.807, 2.05) is 55.5 Å². The first kappa shape index (κ1) is 17.6. The molecule has 0 fully saturated rings. The predicted octanol–water partition coefficient (Wildman–Crippen LogP) is 3.26. The molecule has 5 nitrogen and oxygen atoms in total. The first-order chi connectivity index (χ1) is 12.7. The van der Waals surface area contributed by atoms with E-state index >= 15 is 0 Å². The van der Waals surface area contributed by atoms with Crippen LogP contribution in [0.1, 0.15) is 12.5 Å². The lowest BCUT2D eigenvalue weighted by molar-refractivity contribution is -0.143. The molecule has 0 radical (unpaired) electrons. The summed E-state index contributed by atoms with van der Waals surface area (Å²) in [5, 5.41) is 4.69.